The van der Waals surface area contributed by atoms with E-state index in [-0.39, 0.29) is 10.8 Å². The van der Waals surface area contributed by atoms with Crippen LogP contribution in [0.25, 0.3) is 127 Å². The molecule has 726 valence electrons. The molecule has 31 rings (SSSR count). The molecular formula is C145H121N5. The molecule has 10 aliphatic rings. The lowest BCUT2D eigenvalue weighted by Gasteiger charge is -2.57. The second kappa shape index (κ2) is 35.5. The van der Waals surface area contributed by atoms with E-state index in [1.807, 2.05) is 0 Å². The minimum absolute atomic E-state index is 0.289. The fraction of sp³-hybridized carbons (Fsp3) is 0.186. The van der Waals surface area contributed by atoms with Crippen molar-refractivity contribution in [3.63, 3.8) is 0 Å². The summed E-state index contributed by atoms with van der Waals surface area (Å²) in [5.74, 6) is 5.27. The van der Waals surface area contributed by atoms with Gasteiger partial charge in [-0.05, 0) is 439 Å². The van der Waals surface area contributed by atoms with Crippen molar-refractivity contribution in [1.29, 1.82) is 0 Å². The summed E-state index contributed by atoms with van der Waals surface area (Å²) in [6.45, 7) is 12.2. The molecule has 0 N–H and O–H groups in total. The standard InChI is InChI=1S/C145H121N5/c1-94-76-114(145-91-98-80-99(92-145)82-100(81-98)93-145)53-74-139(94)149(122-60-46-106(47-61-122)103-34-32-102(33-35-103)101-20-9-6-10-21-101)126-68-73-132-131-72-67-124(86-137(131)143(4,5)138(132)87-126)147(120-62-48-111(49-63-120)128-30-19-23-110-22-15-16-28-127(110)128)118-56-40-105(41-57-118)104-36-38-109(39-37-104)112-50-70-129-130-71-66-125(85-136(130)142(2,3)135(129)83-112)148(121-64-51-113(52-65-121)144-88-95-77-96(89-144)79-97(78-95)90-144)119-58-44-108(45-59-119)107-42-54-117(55-43-107)146(115-24-11-7-12-25-115)123-69-75-141-134(84-123)133-29-17-18-31-140(133)150(141)116-26-13-8-14-27-116/h6-76,83-87,95-100H,77-82,88-93H2,1-5H3. The fourth-order valence-corrected chi connectivity index (χ4v) is 30.3. The van der Waals surface area contributed by atoms with Gasteiger partial charge in [-0.2, -0.15) is 0 Å². The first-order valence-electron chi connectivity index (χ1n) is 55.0. The number of hydrogen-bond acceptors (Lipinski definition) is 4. The smallest absolute Gasteiger partial charge is 0.0542 e. The molecule has 0 aliphatic heterocycles. The number of hydrogen-bond donors (Lipinski definition) is 0. The molecule has 8 saturated carbocycles. The van der Waals surface area contributed by atoms with Crippen LogP contribution in [0.2, 0.25) is 0 Å². The molecule has 8 bridgehead atoms. The Kier molecular flexibility index (Phi) is 21.3. The summed E-state index contributed by atoms with van der Waals surface area (Å²) in [4.78, 5) is 9.94. The Morgan fingerprint density at radius 3 is 0.973 bits per heavy atom. The molecule has 0 spiro atoms. The quantitative estimate of drug-likeness (QED) is 0.0713. The Balaban J connectivity index is 0.457. The Labute approximate surface area is 882 Å². The van der Waals surface area contributed by atoms with Crippen LogP contribution < -0.4 is 19.6 Å². The molecule has 0 amide bonds. The van der Waals surface area contributed by atoms with Gasteiger partial charge in [-0.1, -0.05) is 319 Å². The van der Waals surface area contributed by atoms with Crippen LogP contribution >= 0.6 is 0 Å². The monoisotopic (exact) mass is 1930 g/mol. The van der Waals surface area contributed by atoms with Gasteiger partial charge in [-0.25, -0.2) is 0 Å². The third kappa shape index (κ3) is 15.3. The van der Waals surface area contributed by atoms with E-state index >= 15 is 0 Å². The lowest BCUT2D eigenvalue weighted by molar-refractivity contribution is -0.00531. The summed E-state index contributed by atoms with van der Waals surface area (Å²) in [6, 6.07) is 175. The van der Waals surface area contributed by atoms with Crippen LogP contribution in [0.1, 0.15) is 144 Å². The number of aryl methyl sites for hydroxylation is 1. The van der Waals surface area contributed by atoms with Gasteiger partial charge in [0, 0.05) is 95.5 Å². The normalized spacial score (nSPS) is 19.9. The van der Waals surface area contributed by atoms with E-state index in [0.717, 1.165) is 92.4 Å². The maximum absolute atomic E-state index is 2.60. The van der Waals surface area contributed by atoms with E-state index in [9.17, 15) is 0 Å². The van der Waals surface area contributed by atoms with Gasteiger partial charge in [0.05, 0.1) is 11.0 Å². The molecule has 5 nitrogen and oxygen atoms in total. The van der Waals surface area contributed by atoms with Crippen LogP contribution in [-0.4, -0.2) is 4.57 Å². The van der Waals surface area contributed by atoms with Crippen molar-refractivity contribution in [2.45, 2.75) is 133 Å². The van der Waals surface area contributed by atoms with Crippen molar-refractivity contribution in [2.24, 2.45) is 35.5 Å². The highest BCUT2D eigenvalue weighted by molar-refractivity contribution is 6.11. The first kappa shape index (κ1) is 90.0. The van der Waals surface area contributed by atoms with Crippen molar-refractivity contribution < 1.29 is 0 Å². The summed E-state index contributed by atoms with van der Waals surface area (Å²) in [7, 11) is 0. The van der Waals surface area contributed by atoms with Gasteiger partial charge in [-0.3, -0.25) is 0 Å². The third-order valence-electron chi connectivity index (χ3n) is 36.8. The van der Waals surface area contributed by atoms with Gasteiger partial charge >= 0.3 is 0 Å². The Hall–Kier alpha value is -16.3. The highest BCUT2D eigenvalue weighted by atomic mass is 15.2. The van der Waals surface area contributed by atoms with Crippen LogP contribution in [0.4, 0.5) is 68.2 Å². The summed E-state index contributed by atoms with van der Waals surface area (Å²) in [5.41, 5.74) is 46.6. The molecule has 8 fully saturated rings. The van der Waals surface area contributed by atoms with E-state index in [1.165, 1.54) is 244 Å². The maximum atomic E-state index is 2.60. The molecule has 5 heteroatoms. The third-order valence-corrected chi connectivity index (χ3v) is 36.8. The largest absolute Gasteiger partial charge is 0.310 e. The van der Waals surface area contributed by atoms with Crippen molar-refractivity contribution in [3.8, 4) is 94.7 Å². The molecule has 1 heterocycles. The number of rotatable bonds is 21. The highest BCUT2D eigenvalue weighted by Gasteiger charge is 2.54. The van der Waals surface area contributed by atoms with Gasteiger partial charge in [0.15, 0.2) is 0 Å². The molecular weight excluding hydrogens is 1810 g/mol. The topological polar surface area (TPSA) is 17.9 Å². The molecule has 0 atom stereocenters. The molecule has 0 saturated heterocycles. The lowest BCUT2D eigenvalue weighted by Crippen LogP contribution is -2.48. The van der Waals surface area contributed by atoms with Gasteiger partial charge in [-0.15, -0.1) is 0 Å². The molecule has 0 unspecified atom stereocenters. The first-order chi connectivity index (χ1) is 73.5. The average Bonchev–Trinajstić information content (AvgIpc) is 1.39. The number of benzene rings is 20. The molecule has 10 aliphatic carbocycles. The summed E-state index contributed by atoms with van der Waals surface area (Å²) in [5, 5.41) is 4.95. The Morgan fingerprint density at radius 1 is 0.207 bits per heavy atom. The minimum Gasteiger partial charge on any atom is -0.310 e. The van der Waals surface area contributed by atoms with Crippen LogP contribution in [0, 0.1) is 42.4 Å². The van der Waals surface area contributed by atoms with Crippen molar-refractivity contribution in [2.75, 3.05) is 19.6 Å². The number of para-hydroxylation sites is 3. The van der Waals surface area contributed by atoms with Gasteiger partial charge < -0.3 is 24.2 Å². The van der Waals surface area contributed by atoms with E-state index in [0.29, 0.717) is 10.8 Å². The summed E-state index contributed by atoms with van der Waals surface area (Å²) < 4.78 is 2.39. The van der Waals surface area contributed by atoms with E-state index in [1.54, 1.807) is 11.1 Å². The van der Waals surface area contributed by atoms with Crippen LogP contribution in [0.15, 0.2) is 461 Å². The number of aromatic nitrogens is 1. The van der Waals surface area contributed by atoms with Crippen LogP contribution in [-0.2, 0) is 21.7 Å². The van der Waals surface area contributed by atoms with Crippen molar-refractivity contribution in [3.05, 3.63) is 500 Å². The van der Waals surface area contributed by atoms with Gasteiger partial charge in [0.25, 0.3) is 0 Å². The first-order valence-corrected chi connectivity index (χ1v) is 55.0. The molecule has 150 heavy (non-hydrogen) atoms. The number of anilines is 12. The zero-order chi connectivity index (χ0) is 99.8. The molecule has 21 aromatic rings. The minimum atomic E-state index is -0.346. The fourth-order valence-electron chi connectivity index (χ4n) is 30.3. The number of fused-ring (bicyclic) bond motifs is 10. The SMILES string of the molecule is Cc1cc(C23CC4CC(CC(C4)C2)C3)ccc1N(c1ccc(-c2ccc(-c3ccccc3)cc2)cc1)c1ccc2c(c1)C(C)(C)c1cc(N(c3ccc(-c4ccc(-c5ccc6c(c5)C(C)(C)c5cc(N(c7ccc(-c8ccc(N(c9ccccc9)c9ccc%10c(c9)c9ccccc9n%10-c9ccccc9)cc8)cc7)c7ccc(C89CC%10CC(CC(C%10)C8)C9)cc7)ccc5-6)cc4)cc3)c3ccc(-c4cccc5ccccc45)cc3)ccc1-2. The molecule has 1 aromatic heterocycles. The number of nitrogens with zero attached hydrogens (tertiary/aromatic N) is 5. The van der Waals surface area contributed by atoms with Crippen LogP contribution in [0.3, 0.4) is 0 Å². The van der Waals surface area contributed by atoms with Crippen LogP contribution in [0.5, 0.6) is 0 Å². The summed E-state index contributed by atoms with van der Waals surface area (Å²) in [6.07, 6.45) is 16.7. The van der Waals surface area contributed by atoms with Crippen molar-refractivity contribution >= 4 is 101 Å². The maximum Gasteiger partial charge on any atom is 0.0542 e. The predicted molar refractivity (Wildman–Crippen MR) is 629 cm³/mol. The molecule has 20 aromatic carbocycles. The van der Waals surface area contributed by atoms with Gasteiger partial charge in [0.1, 0.15) is 0 Å². The Bertz CT molecular complexity index is 8740. The second-order valence-electron chi connectivity index (χ2n) is 46.5. The zero-order valence-corrected chi connectivity index (χ0v) is 86.1. The Morgan fingerprint density at radius 2 is 0.513 bits per heavy atom. The zero-order valence-electron chi connectivity index (χ0n) is 86.1. The average molecular weight is 1930 g/mol. The second-order valence-corrected chi connectivity index (χ2v) is 46.5. The highest BCUT2D eigenvalue weighted by Crippen LogP contribution is 2.65. The predicted octanol–water partition coefficient (Wildman–Crippen LogP) is 39.7. The summed E-state index contributed by atoms with van der Waals surface area (Å²) >= 11 is 0. The van der Waals surface area contributed by atoms with E-state index in [4.69, 9.17) is 0 Å². The lowest BCUT2D eigenvalue weighted by atomic mass is 9.48. The molecule has 0 radical (unpaired) electrons. The van der Waals surface area contributed by atoms with E-state index in [2.05, 4.69) is 520 Å². The van der Waals surface area contributed by atoms with Crippen molar-refractivity contribution in [1.82, 2.24) is 4.57 Å². The van der Waals surface area contributed by atoms with Gasteiger partial charge in [0.2, 0.25) is 0 Å². The van der Waals surface area contributed by atoms with E-state index < -0.39 is 0 Å².